The molecule has 0 amide bonds. The maximum Gasteiger partial charge on any atom is 0.324 e. The Labute approximate surface area is 108 Å². The standard InChI is InChI=1S/C14H23NO3/c16-13(17)14(15-11-5-6-11)7-1-2-12(8-14)18-9-10-3-4-10/h10-12,15H,1-9H2,(H,16,17). The summed E-state index contributed by atoms with van der Waals surface area (Å²) >= 11 is 0. The zero-order chi connectivity index (χ0) is 12.6. The molecule has 2 atom stereocenters. The summed E-state index contributed by atoms with van der Waals surface area (Å²) in [6, 6.07) is 0.434. The van der Waals surface area contributed by atoms with Crippen molar-refractivity contribution in [3.8, 4) is 0 Å². The van der Waals surface area contributed by atoms with Gasteiger partial charge in [-0.3, -0.25) is 10.1 Å². The molecule has 0 spiro atoms. The van der Waals surface area contributed by atoms with Crippen molar-refractivity contribution in [1.82, 2.24) is 5.32 Å². The van der Waals surface area contributed by atoms with Gasteiger partial charge >= 0.3 is 5.97 Å². The van der Waals surface area contributed by atoms with E-state index in [4.69, 9.17) is 4.74 Å². The Balaban J connectivity index is 1.58. The van der Waals surface area contributed by atoms with E-state index in [0.717, 1.165) is 44.6 Å². The van der Waals surface area contributed by atoms with Gasteiger partial charge in [0.25, 0.3) is 0 Å². The van der Waals surface area contributed by atoms with Crippen LogP contribution >= 0.6 is 0 Å². The average molecular weight is 253 g/mol. The summed E-state index contributed by atoms with van der Waals surface area (Å²) in [5, 5.41) is 12.9. The number of aliphatic carboxylic acids is 1. The molecule has 0 aromatic rings. The Morgan fingerprint density at radius 2 is 2.06 bits per heavy atom. The van der Waals surface area contributed by atoms with Crippen molar-refractivity contribution in [2.75, 3.05) is 6.61 Å². The van der Waals surface area contributed by atoms with E-state index in [0.29, 0.717) is 12.5 Å². The van der Waals surface area contributed by atoms with Gasteiger partial charge < -0.3 is 9.84 Å². The van der Waals surface area contributed by atoms with Gasteiger partial charge in [-0.15, -0.1) is 0 Å². The Morgan fingerprint density at radius 1 is 1.28 bits per heavy atom. The topological polar surface area (TPSA) is 58.6 Å². The maximum absolute atomic E-state index is 11.6. The molecule has 0 aliphatic heterocycles. The van der Waals surface area contributed by atoms with Crippen LogP contribution in [0.2, 0.25) is 0 Å². The summed E-state index contributed by atoms with van der Waals surface area (Å²) in [6.07, 6.45) is 8.35. The molecule has 0 heterocycles. The van der Waals surface area contributed by atoms with Crippen LogP contribution in [-0.4, -0.2) is 35.4 Å². The molecule has 18 heavy (non-hydrogen) atoms. The number of ether oxygens (including phenoxy) is 1. The lowest BCUT2D eigenvalue weighted by atomic mass is 9.80. The molecule has 3 fully saturated rings. The van der Waals surface area contributed by atoms with Gasteiger partial charge in [-0.25, -0.2) is 0 Å². The first-order valence-electron chi connectivity index (χ1n) is 7.31. The Bertz CT molecular complexity index is 325. The molecule has 4 nitrogen and oxygen atoms in total. The molecule has 4 heteroatoms. The Morgan fingerprint density at radius 3 is 2.67 bits per heavy atom. The number of nitrogens with one attached hydrogen (secondary N) is 1. The SMILES string of the molecule is O=C(O)C1(NC2CC2)CCCC(OCC2CC2)C1. The lowest BCUT2D eigenvalue weighted by molar-refractivity contribution is -0.149. The fraction of sp³-hybridized carbons (Fsp3) is 0.929. The van der Waals surface area contributed by atoms with Gasteiger partial charge in [-0.05, 0) is 50.9 Å². The quantitative estimate of drug-likeness (QED) is 0.759. The van der Waals surface area contributed by atoms with Crippen LogP contribution in [0, 0.1) is 5.92 Å². The molecule has 0 radical (unpaired) electrons. The smallest absolute Gasteiger partial charge is 0.324 e. The van der Waals surface area contributed by atoms with E-state index in [-0.39, 0.29) is 6.10 Å². The monoisotopic (exact) mass is 253 g/mol. The van der Waals surface area contributed by atoms with E-state index < -0.39 is 11.5 Å². The molecule has 3 aliphatic rings. The predicted molar refractivity (Wildman–Crippen MR) is 67.5 cm³/mol. The third kappa shape index (κ3) is 2.86. The highest BCUT2D eigenvalue weighted by molar-refractivity contribution is 5.79. The van der Waals surface area contributed by atoms with Crippen LogP contribution in [0.15, 0.2) is 0 Å². The molecule has 0 saturated heterocycles. The van der Waals surface area contributed by atoms with Crippen molar-refractivity contribution in [2.24, 2.45) is 5.92 Å². The third-order valence-electron chi connectivity index (χ3n) is 4.44. The number of carboxylic acid groups (broad SMARTS) is 1. The molecule has 3 aliphatic carbocycles. The van der Waals surface area contributed by atoms with Crippen molar-refractivity contribution < 1.29 is 14.6 Å². The van der Waals surface area contributed by atoms with Gasteiger partial charge in [0.05, 0.1) is 6.10 Å². The maximum atomic E-state index is 11.6. The van der Waals surface area contributed by atoms with Crippen LogP contribution in [0.4, 0.5) is 0 Å². The molecule has 3 rings (SSSR count). The minimum Gasteiger partial charge on any atom is -0.480 e. The Hall–Kier alpha value is -0.610. The third-order valence-corrected chi connectivity index (χ3v) is 4.44. The van der Waals surface area contributed by atoms with Crippen LogP contribution in [-0.2, 0) is 9.53 Å². The van der Waals surface area contributed by atoms with E-state index in [9.17, 15) is 9.90 Å². The first kappa shape index (κ1) is 12.4. The van der Waals surface area contributed by atoms with Crippen LogP contribution in [0.3, 0.4) is 0 Å². The molecule has 102 valence electrons. The summed E-state index contributed by atoms with van der Waals surface area (Å²) in [6.45, 7) is 0.837. The van der Waals surface area contributed by atoms with Crippen molar-refractivity contribution in [2.45, 2.75) is 69.1 Å². The molecule has 2 N–H and O–H groups in total. The largest absolute Gasteiger partial charge is 0.480 e. The van der Waals surface area contributed by atoms with Crippen molar-refractivity contribution in [3.63, 3.8) is 0 Å². The predicted octanol–water partition coefficient (Wildman–Crippen LogP) is 1.93. The zero-order valence-corrected chi connectivity index (χ0v) is 10.9. The first-order chi connectivity index (χ1) is 8.68. The fourth-order valence-corrected chi connectivity index (χ4v) is 2.93. The second-order valence-electron chi connectivity index (χ2n) is 6.30. The number of hydrogen-bond donors (Lipinski definition) is 2. The first-order valence-corrected chi connectivity index (χ1v) is 7.31. The molecule has 0 bridgehead atoms. The number of hydrogen-bond acceptors (Lipinski definition) is 3. The van der Waals surface area contributed by atoms with Crippen LogP contribution in [0.1, 0.15) is 51.4 Å². The van der Waals surface area contributed by atoms with Crippen LogP contribution in [0.5, 0.6) is 0 Å². The van der Waals surface area contributed by atoms with Gasteiger partial charge in [0.15, 0.2) is 0 Å². The van der Waals surface area contributed by atoms with E-state index >= 15 is 0 Å². The van der Waals surface area contributed by atoms with E-state index in [1.165, 1.54) is 12.8 Å². The molecule has 0 aromatic heterocycles. The summed E-state index contributed by atoms with van der Waals surface area (Å²) in [4.78, 5) is 11.6. The van der Waals surface area contributed by atoms with Crippen molar-refractivity contribution in [1.29, 1.82) is 0 Å². The van der Waals surface area contributed by atoms with Gasteiger partial charge in [-0.1, -0.05) is 0 Å². The van der Waals surface area contributed by atoms with Gasteiger partial charge in [-0.2, -0.15) is 0 Å². The number of rotatable bonds is 6. The minimum atomic E-state index is -0.715. The van der Waals surface area contributed by atoms with E-state index in [2.05, 4.69) is 5.32 Å². The summed E-state index contributed by atoms with van der Waals surface area (Å²) in [5.74, 6) is 0.0664. The van der Waals surface area contributed by atoms with Gasteiger partial charge in [0.2, 0.25) is 0 Å². The van der Waals surface area contributed by atoms with Crippen molar-refractivity contribution in [3.05, 3.63) is 0 Å². The van der Waals surface area contributed by atoms with Crippen LogP contribution < -0.4 is 5.32 Å². The highest BCUT2D eigenvalue weighted by atomic mass is 16.5. The molecular weight excluding hydrogens is 230 g/mol. The summed E-state index contributed by atoms with van der Waals surface area (Å²) in [5.41, 5.74) is -0.715. The molecular formula is C14H23NO3. The lowest BCUT2D eigenvalue weighted by Crippen LogP contribution is -2.57. The fourth-order valence-electron chi connectivity index (χ4n) is 2.93. The summed E-state index contributed by atoms with van der Waals surface area (Å²) in [7, 11) is 0. The number of carboxylic acids is 1. The van der Waals surface area contributed by atoms with Crippen LogP contribution in [0.25, 0.3) is 0 Å². The Kier molecular flexibility index (Phi) is 3.32. The van der Waals surface area contributed by atoms with Gasteiger partial charge in [0.1, 0.15) is 5.54 Å². The second-order valence-corrected chi connectivity index (χ2v) is 6.30. The second kappa shape index (κ2) is 4.82. The molecule has 0 aromatic carbocycles. The average Bonchev–Trinajstić information content (AvgIpc) is 3.22. The highest BCUT2D eigenvalue weighted by Crippen LogP contribution is 2.36. The zero-order valence-electron chi connectivity index (χ0n) is 10.9. The highest BCUT2D eigenvalue weighted by Gasteiger charge is 2.46. The molecule has 3 saturated carbocycles. The van der Waals surface area contributed by atoms with E-state index in [1.807, 2.05) is 0 Å². The van der Waals surface area contributed by atoms with Gasteiger partial charge in [0, 0.05) is 19.1 Å². The van der Waals surface area contributed by atoms with Crippen molar-refractivity contribution >= 4 is 5.97 Å². The normalized spacial score (nSPS) is 36.6. The molecule has 2 unspecified atom stereocenters. The minimum absolute atomic E-state index is 0.140. The lowest BCUT2D eigenvalue weighted by Gasteiger charge is -2.38. The summed E-state index contributed by atoms with van der Waals surface area (Å²) < 4.78 is 5.91. The van der Waals surface area contributed by atoms with E-state index in [1.54, 1.807) is 0 Å². The number of carbonyl (C=O) groups is 1.